The SMILES string of the molecule is CC[C@H](C)NC(=O)NC(=O)COC(=O)c1cc(S(=O)(=O)N(C)C)ccc1Cl. The Morgan fingerprint density at radius 2 is 1.89 bits per heavy atom. The third kappa shape index (κ3) is 6.49. The number of rotatable bonds is 7. The van der Waals surface area contributed by atoms with Gasteiger partial charge in [-0.3, -0.25) is 10.1 Å². The summed E-state index contributed by atoms with van der Waals surface area (Å²) in [7, 11) is -1.09. The lowest BCUT2D eigenvalue weighted by Crippen LogP contribution is -2.44. The van der Waals surface area contributed by atoms with Crippen LogP contribution in [0.2, 0.25) is 5.02 Å². The van der Waals surface area contributed by atoms with E-state index in [4.69, 9.17) is 16.3 Å². The number of sulfonamides is 1. The second-order valence-corrected chi connectivity index (χ2v) is 8.40. The van der Waals surface area contributed by atoms with Crippen molar-refractivity contribution in [3.05, 3.63) is 28.8 Å². The Bertz CT molecular complexity index is 825. The Labute approximate surface area is 163 Å². The molecule has 1 atom stereocenters. The maximum atomic E-state index is 12.1. The summed E-state index contributed by atoms with van der Waals surface area (Å²) in [5.41, 5.74) is -0.212. The van der Waals surface area contributed by atoms with Crippen LogP contribution in [0.1, 0.15) is 30.6 Å². The molecule has 11 heteroatoms. The second-order valence-electron chi connectivity index (χ2n) is 5.84. The molecular formula is C16H22ClN3O6S. The first kappa shape index (κ1) is 22.9. The van der Waals surface area contributed by atoms with Crippen LogP contribution in [-0.2, 0) is 19.6 Å². The van der Waals surface area contributed by atoms with E-state index < -0.39 is 34.5 Å². The molecule has 3 amide bonds. The van der Waals surface area contributed by atoms with Crippen LogP contribution in [-0.4, -0.2) is 57.4 Å². The predicted molar refractivity (Wildman–Crippen MR) is 99.0 cm³/mol. The van der Waals surface area contributed by atoms with Gasteiger partial charge in [-0.25, -0.2) is 22.3 Å². The van der Waals surface area contributed by atoms with Crippen LogP contribution in [0.25, 0.3) is 0 Å². The summed E-state index contributed by atoms with van der Waals surface area (Å²) in [5.74, 6) is -1.83. The van der Waals surface area contributed by atoms with E-state index in [1.165, 1.54) is 26.2 Å². The van der Waals surface area contributed by atoms with E-state index in [-0.39, 0.29) is 21.5 Å². The molecule has 150 valence electrons. The lowest BCUT2D eigenvalue weighted by atomic mass is 10.2. The zero-order valence-electron chi connectivity index (χ0n) is 15.4. The van der Waals surface area contributed by atoms with E-state index in [1.807, 2.05) is 12.2 Å². The van der Waals surface area contributed by atoms with Gasteiger partial charge in [-0.1, -0.05) is 18.5 Å². The van der Waals surface area contributed by atoms with Crippen molar-refractivity contribution in [3.63, 3.8) is 0 Å². The zero-order chi connectivity index (χ0) is 20.8. The fourth-order valence-corrected chi connectivity index (χ4v) is 2.89. The van der Waals surface area contributed by atoms with Gasteiger partial charge in [0.2, 0.25) is 10.0 Å². The number of urea groups is 1. The molecule has 0 saturated carbocycles. The van der Waals surface area contributed by atoms with Crippen LogP contribution in [0.3, 0.4) is 0 Å². The van der Waals surface area contributed by atoms with Crippen molar-refractivity contribution >= 4 is 39.5 Å². The monoisotopic (exact) mass is 419 g/mol. The number of halogens is 1. The Kier molecular flexibility index (Phi) is 8.20. The fourth-order valence-electron chi connectivity index (χ4n) is 1.77. The average molecular weight is 420 g/mol. The van der Waals surface area contributed by atoms with Gasteiger partial charge >= 0.3 is 12.0 Å². The van der Waals surface area contributed by atoms with Crippen LogP contribution in [0.5, 0.6) is 0 Å². The molecule has 0 heterocycles. The number of benzene rings is 1. The molecule has 0 bridgehead atoms. The fraction of sp³-hybridized carbons (Fsp3) is 0.438. The van der Waals surface area contributed by atoms with Gasteiger partial charge in [-0.2, -0.15) is 0 Å². The van der Waals surface area contributed by atoms with E-state index in [9.17, 15) is 22.8 Å². The third-order valence-corrected chi connectivity index (χ3v) is 5.65. The molecular weight excluding hydrogens is 398 g/mol. The van der Waals surface area contributed by atoms with E-state index in [2.05, 4.69) is 5.32 Å². The molecule has 9 nitrogen and oxygen atoms in total. The zero-order valence-corrected chi connectivity index (χ0v) is 17.0. The molecule has 0 aliphatic rings. The quantitative estimate of drug-likeness (QED) is 0.643. The van der Waals surface area contributed by atoms with Gasteiger partial charge in [0.15, 0.2) is 6.61 Å². The van der Waals surface area contributed by atoms with Crippen LogP contribution in [0.15, 0.2) is 23.1 Å². The van der Waals surface area contributed by atoms with Crippen molar-refractivity contribution in [2.24, 2.45) is 0 Å². The van der Waals surface area contributed by atoms with Gasteiger partial charge < -0.3 is 10.1 Å². The summed E-state index contributed by atoms with van der Waals surface area (Å²) in [5, 5.41) is 4.50. The summed E-state index contributed by atoms with van der Waals surface area (Å²) in [6, 6.07) is 2.73. The number of carbonyl (C=O) groups is 3. The highest BCUT2D eigenvalue weighted by Gasteiger charge is 2.22. The number of hydrogen-bond acceptors (Lipinski definition) is 6. The number of esters is 1. The first-order valence-electron chi connectivity index (χ1n) is 7.98. The Morgan fingerprint density at radius 1 is 1.26 bits per heavy atom. The molecule has 2 N–H and O–H groups in total. The molecule has 1 aromatic rings. The minimum Gasteiger partial charge on any atom is -0.452 e. The summed E-state index contributed by atoms with van der Waals surface area (Å²) < 4.78 is 30.1. The average Bonchev–Trinajstić information content (AvgIpc) is 2.59. The van der Waals surface area contributed by atoms with Crippen LogP contribution in [0.4, 0.5) is 4.79 Å². The minimum atomic E-state index is -3.78. The summed E-state index contributed by atoms with van der Waals surface area (Å²) >= 11 is 5.92. The standard InChI is InChI=1S/C16H22ClN3O6S/c1-5-10(2)18-16(23)19-14(21)9-26-15(22)12-8-11(6-7-13(12)17)27(24,25)20(3)4/h6-8,10H,5,9H2,1-4H3,(H2,18,19,21,23)/t10-/m0/s1. The lowest BCUT2D eigenvalue weighted by molar-refractivity contribution is -0.123. The van der Waals surface area contributed by atoms with Gasteiger partial charge in [0.05, 0.1) is 15.5 Å². The van der Waals surface area contributed by atoms with Crippen molar-refractivity contribution < 1.29 is 27.5 Å². The number of ether oxygens (including phenoxy) is 1. The van der Waals surface area contributed by atoms with E-state index in [0.29, 0.717) is 6.42 Å². The number of nitrogens with one attached hydrogen (secondary N) is 2. The normalized spacial score (nSPS) is 12.4. The van der Waals surface area contributed by atoms with Crippen LogP contribution < -0.4 is 10.6 Å². The maximum Gasteiger partial charge on any atom is 0.340 e. The van der Waals surface area contributed by atoms with Crippen LogP contribution >= 0.6 is 11.6 Å². The molecule has 0 radical (unpaired) electrons. The van der Waals surface area contributed by atoms with Gasteiger partial charge in [0, 0.05) is 20.1 Å². The van der Waals surface area contributed by atoms with Crippen molar-refractivity contribution in [2.75, 3.05) is 20.7 Å². The molecule has 0 spiro atoms. The largest absolute Gasteiger partial charge is 0.452 e. The van der Waals surface area contributed by atoms with Crippen LogP contribution in [0, 0.1) is 0 Å². The summed E-state index contributed by atoms with van der Waals surface area (Å²) in [6.45, 7) is 2.90. The molecule has 0 unspecified atom stereocenters. The molecule has 0 saturated heterocycles. The number of carbonyl (C=O) groups excluding carboxylic acids is 3. The van der Waals surface area contributed by atoms with Crippen molar-refractivity contribution in [1.82, 2.24) is 14.9 Å². The minimum absolute atomic E-state index is 0.0346. The third-order valence-electron chi connectivity index (χ3n) is 3.51. The van der Waals surface area contributed by atoms with Gasteiger partial charge in [0.1, 0.15) is 0 Å². The van der Waals surface area contributed by atoms with E-state index >= 15 is 0 Å². The van der Waals surface area contributed by atoms with Crippen molar-refractivity contribution in [2.45, 2.75) is 31.2 Å². The number of nitrogens with zero attached hydrogens (tertiary/aromatic N) is 1. The Morgan fingerprint density at radius 3 is 2.44 bits per heavy atom. The molecule has 0 fully saturated rings. The Hall–Kier alpha value is -2.17. The molecule has 27 heavy (non-hydrogen) atoms. The second kappa shape index (κ2) is 9.67. The molecule has 1 aromatic carbocycles. The smallest absolute Gasteiger partial charge is 0.340 e. The predicted octanol–water partition coefficient (Wildman–Crippen LogP) is 1.37. The highest BCUT2D eigenvalue weighted by atomic mass is 35.5. The van der Waals surface area contributed by atoms with E-state index in [1.54, 1.807) is 6.92 Å². The van der Waals surface area contributed by atoms with E-state index in [0.717, 1.165) is 10.4 Å². The molecule has 0 aromatic heterocycles. The topological polar surface area (TPSA) is 122 Å². The van der Waals surface area contributed by atoms with Gasteiger partial charge in [-0.05, 0) is 31.5 Å². The Balaban J connectivity index is 2.78. The molecule has 0 aliphatic heterocycles. The summed E-state index contributed by atoms with van der Waals surface area (Å²) in [4.78, 5) is 35.2. The van der Waals surface area contributed by atoms with Gasteiger partial charge in [-0.15, -0.1) is 0 Å². The summed E-state index contributed by atoms with van der Waals surface area (Å²) in [6.07, 6.45) is 0.682. The number of amides is 3. The highest BCUT2D eigenvalue weighted by molar-refractivity contribution is 7.89. The highest BCUT2D eigenvalue weighted by Crippen LogP contribution is 2.22. The lowest BCUT2D eigenvalue weighted by Gasteiger charge is -2.13. The molecule has 1 rings (SSSR count). The first-order chi connectivity index (χ1) is 12.5. The first-order valence-corrected chi connectivity index (χ1v) is 9.80. The number of hydrogen-bond donors (Lipinski definition) is 2. The molecule has 0 aliphatic carbocycles. The van der Waals surface area contributed by atoms with Crippen molar-refractivity contribution in [1.29, 1.82) is 0 Å². The van der Waals surface area contributed by atoms with Gasteiger partial charge in [0.25, 0.3) is 5.91 Å². The van der Waals surface area contributed by atoms with Crippen molar-refractivity contribution in [3.8, 4) is 0 Å². The number of imide groups is 1. The maximum absolute atomic E-state index is 12.1.